The van der Waals surface area contributed by atoms with Crippen LogP contribution in [-0.4, -0.2) is 24.0 Å². The van der Waals surface area contributed by atoms with Gasteiger partial charge in [-0.1, -0.05) is 11.6 Å². The van der Waals surface area contributed by atoms with Crippen LogP contribution in [-0.2, 0) is 0 Å². The Hall–Kier alpha value is -2.02. The van der Waals surface area contributed by atoms with Gasteiger partial charge in [0, 0.05) is 25.2 Å². The number of rotatable bonds is 5. The van der Waals surface area contributed by atoms with Crippen molar-refractivity contribution in [2.45, 2.75) is 0 Å². The molecule has 2 amide bonds. The third-order valence-electron chi connectivity index (χ3n) is 1.90. The quantitative estimate of drug-likeness (QED) is 0.420. The monoisotopic (exact) mass is 258 g/mol. The van der Waals surface area contributed by atoms with Crippen molar-refractivity contribution in [1.29, 1.82) is 0 Å². The van der Waals surface area contributed by atoms with Crippen molar-refractivity contribution in [3.63, 3.8) is 0 Å². The van der Waals surface area contributed by atoms with Crippen LogP contribution in [0.25, 0.3) is 0 Å². The van der Waals surface area contributed by atoms with Crippen molar-refractivity contribution in [2.75, 3.05) is 18.4 Å². The molecule has 0 aliphatic carbocycles. The second-order valence-electron chi connectivity index (χ2n) is 3.14. The van der Waals surface area contributed by atoms with E-state index in [0.717, 1.165) is 0 Å². The van der Waals surface area contributed by atoms with Gasteiger partial charge in [0.1, 0.15) is 0 Å². The summed E-state index contributed by atoms with van der Waals surface area (Å²) in [6.07, 6.45) is 0. The fourth-order valence-electron chi connectivity index (χ4n) is 1.14. The molecule has 1 aromatic rings. The normalized spacial score (nSPS) is 9.71. The smallest absolute Gasteiger partial charge is 0.312 e. The maximum atomic E-state index is 10.5. The van der Waals surface area contributed by atoms with Gasteiger partial charge in [0.05, 0.1) is 15.6 Å². The molecule has 0 aliphatic heterocycles. The number of nitro groups is 1. The summed E-state index contributed by atoms with van der Waals surface area (Å²) in [6.45, 7) is 0.753. The Morgan fingerprint density at radius 3 is 2.71 bits per heavy atom. The van der Waals surface area contributed by atoms with Crippen LogP contribution in [0.5, 0.6) is 0 Å². The second-order valence-corrected chi connectivity index (χ2v) is 3.55. The number of carbonyl (C=O) groups excluding carboxylic acids is 1. The summed E-state index contributed by atoms with van der Waals surface area (Å²) in [5, 5.41) is 16.0. The minimum atomic E-state index is -0.610. The minimum absolute atomic E-state index is 0.0733. The molecule has 0 unspecified atom stereocenters. The van der Waals surface area contributed by atoms with E-state index in [4.69, 9.17) is 17.3 Å². The number of nitrogens with two attached hydrogens (primary N) is 1. The highest BCUT2D eigenvalue weighted by Gasteiger charge is 2.08. The lowest BCUT2D eigenvalue weighted by Gasteiger charge is -2.08. The zero-order valence-electron chi connectivity index (χ0n) is 8.77. The predicted molar refractivity (Wildman–Crippen MR) is 64.2 cm³/mol. The second kappa shape index (κ2) is 5.90. The maximum absolute atomic E-state index is 10.5. The van der Waals surface area contributed by atoms with Crippen molar-refractivity contribution in [1.82, 2.24) is 5.32 Å². The molecule has 1 aromatic carbocycles. The molecule has 7 nitrogen and oxygen atoms in total. The Morgan fingerprint density at radius 2 is 2.18 bits per heavy atom. The molecule has 0 heterocycles. The van der Waals surface area contributed by atoms with Gasteiger partial charge in [-0.2, -0.15) is 0 Å². The number of benzene rings is 1. The molecule has 0 radical (unpaired) electrons. The predicted octanol–water partition coefficient (Wildman–Crippen LogP) is 1.33. The van der Waals surface area contributed by atoms with Gasteiger partial charge >= 0.3 is 6.03 Å². The highest BCUT2D eigenvalue weighted by atomic mass is 35.5. The summed E-state index contributed by atoms with van der Waals surface area (Å²) in [4.78, 5) is 20.3. The third kappa shape index (κ3) is 4.15. The van der Waals surface area contributed by atoms with E-state index in [0.29, 0.717) is 18.8 Å². The summed E-state index contributed by atoms with van der Waals surface area (Å²) in [5.41, 5.74) is 5.36. The maximum Gasteiger partial charge on any atom is 0.312 e. The van der Waals surface area contributed by atoms with Crippen LogP contribution in [0, 0.1) is 10.1 Å². The van der Waals surface area contributed by atoms with Gasteiger partial charge in [-0.05, 0) is 6.07 Å². The number of hydrogen-bond acceptors (Lipinski definition) is 4. The Kier molecular flexibility index (Phi) is 4.53. The van der Waals surface area contributed by atoms with Crippen molar-refractivity contribution in [3.8, 4) is 0 Å². The lowest BCUT2D eigenvalue weighted by atomic mass is 10.3. The Bertz CT molecular complexity index is 438. The molecule has 17 heavy (non-hydrogen) atoms. The molecule has 0 aromatic heterocycles. The number of hydrogen-bond donors (Lipinski definition) is 3. The SMILES string of the molecule is NC(=O)NCCNc1ccc([N+](=O)[O-])cc1Cl. The molecular weight excluding hydrogens is 248 g/mol. The van der Waals surface area contributed by atoms with Gasteiger partial charge in [0.2, 0.25) is 0 Å². The fraction of sp³-hybridized carbons (Fsp3) is 0.222. The molecular formula is C9H11ClN4O3. The van der Waals surface area contributed by atoms with Gasteiger partial charge < -0.3 is 16.4 Å². The summed E-state index contributed by atoms with van der Waals surface area (Å²) < 4.78 is 0. The van der Waals surface area contributed by atoms with Crippen molar-refractivity contribution in [2.24, 2.45) is 5.73 Å². The molecule has 0 aliphatic rings. The van der Waals surface area contributed by atoms with E-state index < -0.39 is 11.0 Å². The Morgan fingerprint density at radius 1 is 1.47 bits per heavy atom. The first kappa shape index (κ1) is 13.0. The lowest BCUT2D eigenvalue weighted by Crippen LogP contribution is -2.33. The average molecular weight is 259 g/mol. The first-order chi connectivity index (χ1) is 8.00. The highest BCUT2D eigenvalue weighted by Crippen LogP contribution is 2.26. The minimum Gasteiger partial charge on any atom is -0.382 e. The van der Waals surface area contributed by atoms with Crippen LogP contribution in [0.3, 0.4) is 0 Å². The molecule has 0 bridgehead atoms. The molecule has 0 atom stereocenters. The van der Waals surface area contributed by atoms with Gasteiger partial charge in [-0.25, -0.2) is 4.79 Å². The van der Waals surface area contributed by atoms with Crippen LogP contribution < -0.4 is 16.4 Å². The van der Waals surface area contributed by atoms with Crippen LogP contribution in [0.1, 0.15) is 0 Å². The van der Waals surface area contributed by atoms with Gasteiger partial charge in [-0.15, -0.1) is 0 Å². The molecule has 92 valence electrons. The van der Waals surface area contributed by atoms with Crippen molar-refractivity contribution < 1.29 is 9.72 Å². The topological polar surface area (TPSA) is 110 Å². The van der Waals surface area contributed by atoms with Gasteiger partial charge in [0.25, 0.3) is 5.69 Å². The summed E-state index contributed by atoms with van der Waals surface area (Å²) in [7, 11) is 0. The number of halogens is 1. The van der Waals surface area contributed by atoms with Crippen LogP contribution in [0.15, 0.2) is 18.2 Å². The molecule has 1 rings (SSSR count). The van der Waals surface area contributed by atoms with Crippen LogP contribution in [0.2, 0.25) is 5.02 Å². The van der Waals surface area contributed by atoms with Crippen LogP contribution >= 0.6 is 11.6 Å². The Labute approximate surface area is 102 Å². The fourth-order valence-corrected chi connectivity index (χ4v) is 1.39. The molecule has 8 heteroatoms. The van der Waals surface area contributed by atoms with Crippen molar-refractivity contribution >= 4 is 29.0 Å². The standard InChI is InChI=1S/C9H11ClN4O3/c10-7-5-6(14(16)17)1-2-8(7)12-3-4-13-9(11)15/h1-2,5,12H,3-4H2,(H3,11,13,15). The van der Waals surface area contributed by atoms with Crippen molar-refractivity contribution in [3.05, 3.63) is 33.3 Å². The summed E-state index contributed by atoms with van der Waals surface area (Å²) in [6, 6.07) is 3.49. The highest BCUT2D eigenvalue weighted by molar-refractivity contribution is 6.33. The molecule has 4 N–H and O–H groups in total. The number of carbonyl (C=O) groups is 1. The zero-order valence-corrected chi connectivity index (χ0v) is 9.53. The summed E-state index contributed by atoms with van der Waals surface area (Å²) in [5.74, 6) is 0. The number of anilines is 1. The van der Waals surface area contributed by atoms with E-state index in [-0.39, 0.29) is 10.7 Å². The number of nitro benzene ring substituents is 1. The van der Waals surface area contributed by atoms with E-state index in [9.17, 15) is 14.9 Å². The third-order valence-corrected chi connectivity index (χ3v) is 2.22. The number of amides is 2. The zero-order chi connectivity index (χ0) is 12.8. The number of urea groups is 1. The Balaban J connectivity index is 2.54. The van der Waals surface area contributed by atoms with E-state index in [2.05, 4.69) is 10.6 Å². The van der Waals surface area contributed by atoms with Crippen LogP contribution in [0.4, 0.5) is 16.2 Å². The average Bonchev–Trinajstić information content (AvgIpc) is 2.25. The van der Waals surface area contributed by atoms with Gasteiger partial charge in [-0.3, -0.25) is 10.1 Å². The molecule has 0 fully saturated rings. The first-order valence-electron chi connectivity index (χ1n) is 4.72. The molecule has 0 saturated carbocycles. The molecule has 0 saturated heterocycles. The molecule has 0 spiro atoms. The number of primary amides is 1. The number of non-ortho nitro benzene ring substituents is 1. The van der Waals surface area contributed by atoms with E-state index in [1.54, 1.807) is 0 Å². The first-order valence-corrected chi connectivity index (χ1v) is 5.09. The van der Waals surface area contributed by atoms with Gasteiger partial charge in [0.15, 0.2) is 0 Å². The largest absolute Gasteiger partial charge is 0.382 e. The lowest BCUT2D eigenvalue weighted by molar-refractivity contribution is -0.384. The summed E-state index contributed by atoms with van der Waals surface area (Å²) >= 11 is 5.84. The number of nitrogens with one attached hydrogen (secondary N) is 2. The number of nitrogens with zero attached hydrogens (tertiary/aromatic N) is 1. The van der Waals surface area contributed by atoms with E-state index in [1.807, 2.05) is 0 Å². The van der Waals surface area contributed by atoms with E-state index in [1.165, 1.54) is 18.2 Å². The van der Waals surface area contributed by atoms with E-state index >= 15 is 0 Å².